The number of carbonyl (C=O) groups excluding carboxylic acids is 2. The van der Waals surface area contributed by atoms with Crippen molar-refractivity contribution >= 4 is 38.5 Å². The van der Waals surface area contributed by atoms with E-state index in [0.29, 0.717) is 15.3 Å². The van der Waals surface area contributed by atoms with E-state index >= 15 is 0 Å². The molecule has 0 spiro atoms. The number of halogens is 3. The molecule has 0 unspecified atom stereocenters. The minimum Gasteiger partial charge on any atom is -0.406 e. The zero-order valence-corrected chi connectivity index (χ0v) is 15.2. The fourth-order valence-electron chi connectivity index (χ4n) is 2.30. The number of hydrogen-bond donors (Lipinski definition) is 1. The third kappa shape index (κ3) is 5.07. The van der Waals surface area contributed by atoms with Crippen molar-refractivity contribution in [2.24, 2.45) is 5.73 Å². The Hall–Kier alpha value is -2.36. The second-order valence-corrected chi connectivity index (χ2v) is 7.55. The number of nitrogens with zero attached hydrogens (tertiary/aromatic N) is 2. The maximum absolute atomic E-state index is 12.5. The Morgan fingerprint density at radius 3 is 2.42 bits per heavy atom. The van der Waals surface area contributed by atoms with E-state index in [1.807, 2.05) is 0 Å². The summed E-state index contributed by atoms with van der Waals surface area (Å²) in [6.07, 6.45) is -4.96. The Morgan fingerprint density at radius 2 is 1.88 bits per heavy atom. The van der Waals surface area contributed by atoms with Gasteiger partial charge in [-0.05, 0) is 32.9 Å². The Kier molecular flexibility index (Phi) is 5.45. The molecule has 142 valence electrons. The number of hydrogen-bond acceptors (Lipinski definition) is 5. The van der Waals surface area contributed by atoms with Gasteiger partial charge in [0.25, 0.3) is 0 Å². The molecule has 1 aromatic heterocycles. The molecule has 26 heavy (non-hydrogen) atoms. The number of anilines is 1. The van der Waals surface area contributed by atoms with Gasteiger partial charge in [-0.15, -0.1) is 13.2 Å². The van der Waals surface area contributed by atoms with Gasteiger partial charge < -0.3 is 10.5 Å². The molecule has 2 N–H and O–H groups in total. The van der Waals surface area contributed by atoms with Gasteiger partial charge in [-0.1, -0.05) is 11.3 Å². The first kappa shape index (κ1) is 20.0. The van der Waals surface area contributed by atoms with Crippen LogP contribution in [-0.4, -0.2) is 28.7 Å². The third-order valence-electron chi connectivity index (χ3n) is 3.28. The fraction of sp³-hybridized carbons (Fsp3) is 0.438. The molecule has 0 bridgehead atoms. The van der Waals surface area contributed by atoms with Crippen molar-refractivity contribution in [3.63, 3.8) is 0 Å². The molecule has 0 saturated heterocycles. The van der Waals surface area contributed by atoms with E-state index in [2.05, 4.69) is 9.72 Å². The number of primary amides is 1. The molecular formula is C16H18F3N3O3S. The molecule has 10 heteroatoms. The van der Waals surface area contributed by atoms with Gasteiger partial charge in [-0.25, -0.2) is 4.98 Å². The quantitative estimate of drug-likeness (QED) is 0.847. The lowest BCUT2D eigenvalue weighted by atomic mass is 10.1. The van der Waals surface area contributed by atoms with Crippen LogP contribution in [0.5, 0.6) is 5.75 Å². The highest BCUT2D eigenvalue weighted by atomic mass is 32.1. The van der Waals surface area contributed by atoms with E-state index in [0.717, 1.165) is 17.4 Å². The summed E-state index contributed by atoms with van der Waals surface area (Å²) in [5.74, 6) is -1.30. The molecule has 2 rings (SSSR count). The first-order valence-electron chi connectivity index (χ1n) is 7.64. The maximum Gasteiger partial charge on any atom is 0.573 e. The van der Waals surface area contributed by atoms with Gasteiger partial charge in [0.2, 0.25) is 11.8 Å². The highest BCUT2D eigenvalue weighted by molar-refractivity contribution is 7.22. The maximum atomic E-state index is 12.5. The van der Waals surface area contributed by atoms with Crippen molar-refractivity contribution in [1.29, 1.82) is 0 Å². The zero-order valence-electron chi connectivity index (χ0n) is 14.4. The average Bonchev–Trinajstić information content (AvgIpc) is 2.84. The van der Waals surface area contributed by atoms with Crippen molar-refractivity contribution < 1.29 is 27.5 Å². The summed E-state index contributed by atoms with van der Waals surface area (Å²) in [6.45, 7) is 5.37. The SMILES string of the molecule is CC(C)(C)N(C(=O)CCC(N)=O)c1nc2ccc(OC(F)(F)F)cc2s1. The zero-order chi connectivity index (χ0) is 19.7. The van der Waals surface area contributed by atoms with Crippen LogP contribution in [0.3, 0.4) is 0 Å². The molecule has 0 aliphatic carbocycles. The molecule has 0 saturated carbocycles. The number of benzene rings is 1. The van der Waals surface area contributed by atoms with Crippen molar-refractivity contribution in [2.75, 3.05) is 4.90 Å². The molecule has 0 aliphatic rings. The number of aromatic nitrogens is 1. The van der Waals surface area contributed by atoms with Crippen LogP contribution >= 0.6 is 11.3 Å². The van der Waals surface area contributed by atoms with Crippen LogP contribution in [0.25, 0.3) is 10.2 Å². The van der Waals surface area contributed by atoms with Crippen molar-refractivity contribution in [3.05, 3.63) is 18.2 Å². The predicted molar refractivity (Wildman–Crippen MR) is 92.0 cm³/mol. The molecule has 0 radical (unpaired) electrons. The van der Waals surface area contributed by atoms with E-state index in [4.69, 9.17) is 5.73 Å². The second-order valence-electron chi connectivity index (χ2n) is 6.54. The highest BCUT2D eigenvalue weighted by Gasteiger charge is 2.32. The summed E-state index contributed by atoms with van der Waals surface area (Å²) < 4.78 is 41.4. The van der Waals surface area contributed by atoms with Gasteiger partial charge in [0.15, 0.2) is 5.13 Å². The predicted octanol–water partition coefficient (Wildman–Crippen LogP) is 3.59. The monoisotopic (exact) mass is 389 g/mol. The van der Waals surface area contributed by atoms with Gasteiger partial charge in [-0.3, -0.25) is 14.5 Å². The minimum absolute atomic E-state index is 0.0784. The average molecular weight is 389 g/mol. The Morgan fingerprint density at radius 1 is 1.23 bits per heavy atom. The molecule has 2 aromatic rings. The summed E-state index contributed by atoms with van der Waals surface area (Å²) in [4.78, 5) is 29.2. The fourth-order valence-corrected chi connectivity index (χ4v) is 3.50. The standard InChI is InChI=1S/C16H18F3N3O3S/c1-15(2,3)22(13(24)7-6-12(20)23)14-21-10-5-4-9(8-11(10)26-14)25-16(17,18)19/h4-5,8H,6-7H2,1-3H3,(H2,20,23). The molecule has 1 aromatic carbocycles. The first-order chi connectivity index (χ1) is 11.9. The third-order valence-corrected chi connectivity index (χ3v) is 4.28. The summed E-state index contributed by atoms with van der Waals surface area (Å²) in [5.41, 5.74) is 4.88. The lowest BCUT2D eigenvalue weighted by molar-refractivity contribution is -0.274. The topological polar surface area (TPSA) is 85.5 Å². The first-order valence-corrected chi connectivity index (χ1v) is 8.46. The number of amides is 2. The van der Waals surface area contributed by atoms with Gasteiger partial charge in [0.05, 0.1) is 10.2 Å². The van der Waals surface area contributed by atoms with Gasteiger partial charge >= 0.3 is 6.36 Å². The van der Waals surface area contributed by atoms with E-state index in [1.165, 1.54) is 17.0 Å². The summed E-state index contributed by atoms with van der Waals surface area (Å²) in [7, 11) is 0. The Bertz CT molecular complexity index is 827. The smallest absolute Gasteiger partial charge is 0.406 e. The summed E-state index contributed by atoms with van der Waals surface area (Å²) >= 11 is 1.07. The van der Waals surface area contributed by atoms with Crippen LogP contribution < -0.4 is 15.4 Å². The van der Waals surface area contributed by atoms with Crippen LogP contribution in [0.15, 0.2) is 18.2 Å². The number of thiazole rings is 1. The van der Waals surface area contributed by atoms with Crippen LogP contribution in [0.4, 0.5) is 18.3 Å². The molecule has 6 nitrogen and oxygen atoms in total. The van der Waals surface area contributed by atoms with E-state index in [1.54, 1.807) is 20.8 Å². The van der Waals surface area contributed by atoms with Crippen molar-refractivity contribution in [1.82, 2.24) is 4.98 Å². The molecule has 1 heterocycles. The highest BCUT2D eigenvalue weighted by Crippen LogP contribution is 2.36. The normalized spacial score (nSPS) is 12.2. The van der Waals surface area contributed by atoms with Crippen LogP contribution in [0.2, 0.25) is 0 Å². The van der Waals surface area contributed by atoms with Crippen molar-refractivity contribution in [3.8, 4) is 5.75 Å². The molecule has 2 amide bonds. The van der Waals surface area contributed by atoms with Crippen LogP contribution in [0, 0.1) is 0 Å². The summed E-state index contributed by atoms with van der Waals surface area (Å²) in [5, 5.41) is 0.325. The number of rotatable bonds is 5. The summed E-state index contributed by atoms with van der Waals surface area (Å²) in [6, 6.07) is 3.78. The number of ether oxygens (including phenoxy) is 1. The molecule has 0 aliphatic heterocycles. The Labute approximate surface area is 151 Å². The Balaban J connectivity index is 2.37. The van der Waals surface area contributed by atoms with E-state index in [9.17, 15) is 22.8 Å². The van der Waals surface area contributed by atoms with Crippen molar-refractivity contribution in [2.45, 2.75) is 45.5 Å². The number of alkyl halides is 3. The van der Waals surface area contributed by atoms with Crippen LogP contribution in [-0.2, 0) is 9.59 Å². The van der Waals surface area contributed by atoms with Gasteiger partial charge in [-0.2, -0.15) is 0 Å². The second kappa shape index (κ2) is 7.10. The number of fused-ring (bicyclic) bond motifs is 1. The number of carbonyl (C=O) groups is 2. The molecular weight excluding hydrogens is 371 g/mol. The van der Waals surface area contributed by atoms with Crippen LogP contribution in [0.1, 0.15) is 33.6 Å². The minimum atomic E-state index is -4.79. The molecule has 0 fully saturated rings. The van der Waals surface area contributed by atoms with E-state index < -0.39 is 17.8 Å². The molecule has 0 atom stereocenters. The number of nitrogens with two attached hydrogens (primary N) is 1. The van der Waals surface area contributed by atoms with E-state index in [-0.39, 0.29) is 24.5 Å². The largest absolute Gasteiger partial charge is 0.573 e. The van der Waals surface area contributed by atoms with Gasteiger partial charge in [0.1, 0.15) is 5.75 Å². The lowest BCUT2D eigenvalue weighted by Crippen LogP contribution is -2.46. The van der Waals surface area contributed by atoms with Gasteiger partial charge in [0, 0.05) is 24.4 Å². The lowest BCUT2D eigenvalue weighted by Gasteiger charge is -2.33.